The second-order valence-corrected chi connectivity index (χ2v) is 6.26. The van der Waals surface area contributed by atoms with E-state index in [4.69, 9.17) is 0 Å². The number of benzene rings is 1. The van der Waals surface area contributed by atoms with E-state index in [1.54, 1.807) is 6.26 Å². The maximum Gasteiger partial charge on any atom is 0.113 e. The fourth-order valence-electron chi connectivity index (χ4n) is 1.89. The van der Waals surface area contributed by atoms with E-state index in [1.165, 1.54) is 11.1 Å². The lowest BCUT2D eigenvalue weighted by atomic mass is 9.95. The van der Waals surface area contributed by atoms with Crippen molar-refractivity contribution < 1.29 is 4.21 Å². The Kier molecular flexibility index (Phi) is 5.60. The second-order valence-electron chi connectivity index (χ2n) is 5.14. The van der Waals surface area contributed by atoms with Gasteiger partial charge in [-0.25, -0.2) is 4.21 Å². The smallest absolute Gasteiger partial charge is 0.113 e. The van der Waals surface area contributed by atoms with Gasteiger partial charge in [0.05, 0.1) is 0 Å². The summed E-state index contributed by atoms with van der Waals surface area (Å²) < 4.78 is 14.0. The fourth-order valence-corrected chi connectivity index (χ4v) is 2.43. The fraction of sp³-hybridized carbons (Fsp3) is 0.467. The van der Waals surface area contributed by atoms with Crippen LogP contribution >= 0.6 is 0 Å². The van der Waals surface area contributed by atoms with Gasteiger partial charge in [0, 0.05) is 17.9 Å². The Hall–Kier alpha value is -1.09. The summed E-state index contributed by atoms with van der Waals surface area (Å²) >= 11 is 0. The summed E-state index contributed by atoms with van der Waals surface area (Å²) in [5, 5.41) is 0. The van der Waals surface area contributed by atoms with E-state index in [-0.39, 0.29) is 5.92 Å². The van der Waals surface area contributed by atoms with Crippen molar-refractivity contribution in [3.63, 3.8) is 0 Å². The van der Waals surface area contributed by atoms with Crippen molar-refractivity contribution in [2.75, 3.05) is 6.26 Å². The molecule has 1 N–H and O–H groups in total. The quantitative estimate of drug-likeness (QED) is 0.839. The predicted octanol–water partition coefficient (Wildman–Crippen LogP) is 3.39. The van der Waals surface area contributed by atoms with Crippen molar-refractivity contribution in [3.8, 4) is 0 Å². The van der Waals surface area contributed by atoms with E-state index in [9.17, 15) is 4.21 Å². The van der Waals surface area contributed by atoms with Crippen LogP contribution in [0.4, 0.5) is 0 Å². The molecule has 1 rings (SSSR count). The highest BCUT2D eigenvalue weighted by atomic mass is 32.2. The summed E-state index contributed by atoms with van der Waals surface area (Å²) in [7, 11) is -1.05. The molecule has 2 atom stereocenters. The summed E-state index contributed by atoms with van der Waals surface area (Å²) in [5.41, 5.74) is 3.36. The monoisotopic (exact) mass is 265 g/mol. The van der Waals surface area contributed by atoms with Gasteiger partial charge in [-0.15, -0.1) is 0 Å². The molecule has 1 aromatic carbocycles. The molecular formula is C15H23NOS. The normalized spacial score (nSPS) is 14.3. The Morgan fingerprint density at radius 3 is 2.28 bits per heavy atom. The standard InChI is InChI=1S/C15H23NOS/c1-11(2)10-14-6-8-15(9-7-14)12(3)13(4)16-18(5)17/h6-9,11-12,16H,4,10H2,1-3,5H3/t12-,18?/m0/s1. The first-order valence-corrected chi connectivity index (χ1v) is 7.83. The Balaban J connectivity index is 2.72. The van der Waals surface area contributed by atoms with Gasteiger partial charge in [-0.3, -0.25) is 0 Å². The molecule has 0 fully saturated rings. The number of nitrogens with one attached hydrogen (secondary N) is 1. The third-order valence-electron chi connectivity index (χ3n) is 2.92. The van der Waals surface area contributed by atoms with Crippen LogP contribution in [0.3, 0.4) is 0 Å². The molecule has 0 saturated carbocycles. The molecule has 0 aliphatic heterocycles. The molecule has 1 unspecified atom stereocenters. The van der Waals surface area contributed by atoms with Crippen molar-refractivity contribution in [3.05, 3.63) is 47.7 Å². The third kappa shape index (κ3) is 4.65. The highest BCUT2D eigenvalue weighted by Crippen LogP contribution is 2.22. The van der Waals surface area contributed by atoms with Crippen molar-refractivity contribution in [2.24, 2.45) is 5.92 Å². The molecule has 0 aromatic heterocycles. The van der Waals surface area contributed by atoms with Crippen LogP contribution in [-0.2, 0) is 17.4 Å². The van der Waals surface area contributed by atoms with Crippen LogP contribution in [0.25, 0.3) is 0 Å². The van der Waals surface area contributed by atoms with Crippen LogP contribution in [0.15, 0.2) is 36.5 Å². The number of hydrogen-bond donors (Lipinski definition) is 1. The van der Waals surface area contributed by atoms with Gasteiger partial charge in [-0.2, -0.15) is 0 Å². The van der Waals surface area contributed by atoms with Crippen LogP contribution in [-0.4, -0.2) is 10.5 Å². The molecule has 0 aliphatic rings. The van der Waals surface area contributed by atoms with E-state index in [1.807, 2.05) is 0 Å². The van der Waals surface area contributed by atoms with Crippen LogP contribution in [0.5, 0.6) is 0 Å². The van der Waals surface area contributed by atoms with Crippen LogP contribution in [0.2, 0.25) is 0 Å². The molecular weight excluding hydrogens is 242 g/mol. The summed E-state index contributed by atoms with van der Waals surface area (Å²) in [4.78, 5) is 0. The highest BCUT2D eigenvalue weighted by Gasteiger charge is 2.10. The first kappa shape index (κ1) is 15.0. The molecule has 18 heavy (non-hydrogen) atoms. The lowest BCUT2D eigenvalue weighted by molar-refractivity contribution is 0.647. The maximum absolute atomic E-state index is 11.1. The molecule has 0 spiro atoms. The number of rotatable bonds is 6. The molecule has 100 valence electrons. The molecule has 0 amide bonds. The minimum Gasteiger partial charge on any atom is -0.309 e. The summed E-state index contributed by atoms with van der Waals surface area (Å²) in [6.07, 6.45) is 2.72. The van der Waals surface area contributed by atoms with E-state index in [0.717, 1.165) is 12.1 Å². The maximum atomic E-state index is 11.1. The average Bonchev–Trinajstić information content (AvgIpc) is 2.27. The zero-order valence-corrected chi connectivity index (χ0v) is 12.5. The van der Waals surface area contributed by atoms with Gasteiger partial charge in [0.25, 0.3) is 0 Å². The lowest BCUT2D eigenvalue weighted by Gasteiger charge is -2.16. The second kappa shape index (κ2) is 6.74. The zero-order chi connectivity index (χ0) is 13.7. The molecule has 3 heteroatoms. The molecule has 0 bridgehead atoms. The first-order valence-electron chi connectivity index (χ1n) is 6.28. The molecule has 0 saturated heterocycles. The van der Waals surface area contributed by atoms with E-state index in [2.05, 4.69) is 56.3 Å². The first-order chi connectivity index (χ1) is 8.40. The van der Waals surface area contributed by atoms with Gasteiger partial charge in [-0.1, -0.05) is 51.6 Å². The Bertz CT molecular complexity index is 423. The topological polar surface area (TPSA) is 29.1 Å². The van der Waals surface area contributed by atoms with Gasteiger partial charge in [0.1, 0.15) is 11.0 Å². The van der Waals surface area contributed by atoms with Crippen molar-refractivity contribution in [2.45, 2.75) is 33.1 Å². The minimum atomic E-state index is -1.05. The van der Waals surface area contributed by atoms with Crippen molar-refractivity contribution in [1.29, 1.82) is 0 Å². The number of hydrogen-bond acceptors (Lipinski definition) is 1. The number of allylic oxidation sites excluding steroid dienone is 1. The van der Waals surface area contributed by atoms with Gasteiger partial charge < -0.3 is 4.72 Å². The molecule has 1 aromatic rings. The zero-order valence-electron chi connectivity index (χ0n) is 11.7. The SMILES string of the molecule is C=C(NS(C)=O)[C@H](C)c1ccc(CC(C)C)cc1. The summed E-state index contributed by atoms with van der Waals surface area (Å²) in [6.45, 7) is 10.4. The van der Waals surface area contributed by atoms with Crippen LogP contribution < -0.4 is 4.72 Å². The van der Waals surface area contributed by atoms with E-state index < -0.39 is 11.0 Å². The van der Waals surface area contributed by atoms with Gasteiger partial charge >= 0.3 is 0 Å². The van der Waals surface area contributed by atoms with Crippen molar-refractivity contribution in [1.82, 2.24) is 4.72 Å². The summed E-state index contributed by atoms with van der Waals surface area (Å²) in [5.74, 6) is 0.842. The molecule has 0 aliphatic carbocycles. The predicted molar refractivity (Wildman–Crippen MR) is 79.7 cm³/mol. The Morgan fingerprint density at radius 1 is 1.28 bits per heavy atom. The largest absolute Gasteiger partial charge is 0.309 e. The van der Waals surface area contributed by atoms with Crippen LogP contribution in [0.1, 0.15) is 37.8 Å². The molecule has 0 heterocycles. The highest BCUT2D eigenvalue weighted by molar-refractivity contribution is 7.82. The Morgan fingerprint density at radius 2 is 1.83 bits per heavy atom. The Labute approximate surface area is 113 Å². The minimum absolute atomic E-state index is 0.169. The molecule has 2 nitrogen and oxygen atoms in total. The van der Waals surface area contributed by atoms with Crippen LogP contribution in [0, 0.1) is 5.92 Å². The lowest BCUT2D eigenvalue weighted by Crippen LogP contribution is -2.18. The van der Waals surface area contributed by atoms with Gasteiger partial charge in [0.15, 0.2) is 0 Å². The summed E-state index contributed by atoms with van der Waals surface area (Å²) in [6, 6.07) is 8.60. The van der Waals surface area contributed by atoms with Crippen molar-refractivity contribution >= 4 is 11.0 Å². The van der Waals surface area contributed by atoms with Gasteiger partial charge in [0.2, 0.25) is 0 Å². The third-order valence-corrected chi connectivity index (χ3v) is 3.47. The molecule has 0 radical (unpaired) electrons. The van der Waals surface area contributed by atoms with E-state index >= 15 is 0 Å². The van der Waals surface area contributed by atoms with E-state index in [0.29, 0.717) is 5.92 Å². The van der Waals surface area contributed by atoms with Gasteiger partial charge in [-0.05, 0) is 23.5 Å². The average molecular weight is 265 g/mol.